The Morgan fingerprint density at radius 1 is 1.28 bits per heavy atom. The molecule has 1 N–H and O–H groups in total. The molecule has 1 aromatic heterocycles. The normalized spacial score (nSPS) is 12.5. The Morgan fingerprint density at radius 3 is 2.78 bits per heavy atom. The van der Waals surface area contributed by atoms with Crippen molar-refractivity contribution in [2.75, 3.05) is 12.1 Å². The van der Waals surface area contributed by atoms with Crippen LogP contribution in [0.15, 0.2) is 34.9 Å². The van der Waals surface area contributed by atoms with Gasteiger partial charge in [0.25, 0.3) is 5.91 Å². The van der Waals surface area contributed by atoms with Gasteiger partial charge in [-0.3, -0.25) is 4.79 Å². The molecule has 6 heteroatoms. The van der Waals surface area contributed by atoms with E-state index in [2.05, 4.69) is 5.32 Å². The van der Waals surface area contributed by atoms with Gasteiger partial charge in [0, 0.05) is 12.1 Å². The molecule has 0 saturated carbocycles. The molecule has 2 heterocycles. The molecule has 1 amide bonds. The van der Waals surface area contributed by atoms with Crippen molar-refractivity contribution in [1.29, 1.82) is 0 Å². The first-order chi connectivity index (χ1) is 8.74. The van der Waals surface area contributed by atoms with E-state index in [1.807, 2.05) is 0 Å². The summed E-state index contributed by atoms with van der Waals surface area (Å²) in [6.07, 6.45) is 1.43. The van der Waals surface area contributed by atoms with Gasteiger partial charge < -0.3 is 19.2 Å². The topological polar surface area (TPSA) is 60.7 Å². The number of fused-ring (bicyclic) bond motifs is 1. The molecule has 1 aliphatic rings. The van der Waals surface area contributed by atoms with Crippen LogP contribution >= 0.6 is 11.6 Å². The van der Waals surface area contributed by atoms with Gasteiger partial charge in [-0.2, -0.15) is 0 Å². The Kier molecular flexibility index (Phi) is 2.60. The van der Waals surface area contributed by atoms with E-state index in [9.17, 15) is 4.79 Å². The average Bonchev–Trinajstić information content (AvgIpc) is 2.98. The maximum Gasteiger partial charge on any atom is 0.291 e. The standard InChI is InChI=1S/C12H8ClNO4/c13-7-4-10-11(18-6-17-10)5-8(7)14-12(15)9-2-1-3-16-9/h1-5H,6H2,(H,14,15). The highest BCUT2D eigenvalue weighted by Crippen LogP contribution is 2.39. The smallest absolute Gasteiger partial charge is 0.291 e. The third kappa shape index (κ3) is 1.89. The van der Waals surface area contributed by atoms with Crippen molar-refractivity contribution in [1.82, 2.24) is 0 Å². The van der Waals surface area contributed by atoms with Gasteiger partial charge in [-0.15, -0.1) is 0 Å². The average molecular weight is 266 g/mol. The zero-order valence-electron chi connectivity index (χ0n) is 9.10. The Bertz CT molecular complexity index is 594. The van der Waals surface area contributed by atoms with Crippen molar-refractivity contribution in [3.63, 3.8) is 0 Å². The number of nitrogens with one attached hydrogen (secondary N) is 1. The second-order valence-electron chi connectivity index (χ2n) is 3.62. The Balaban J connectivity index is 1.87. The third-order valence-electron chi connectivity index (χ3n) is 2.46. The van der Waals surface area contributed by atoms with Crippen molar-refractivity contribution in [2.24, 2.45) is 0 Å². The summed E-state index contributed by atoms with van der Waals surface area (Å²) in [6, 6.07) is 6.42. The summed E-state index contributed by atoms with van der Waals surface area (Å²) >= 11 is 6.03. The van der Waals surface area contributed by atoms with Crippen LogP contribution in [0.25, 0.3) is 0 Å². The van der Waals surface area contributed by atoms with Gasteiger partial charge in [0.05, 0.1) is 17.0 Å². The molecule has 18 heavy (non-hydrogen) atoms. The summed E-state index contributed by atoms with van der Waals surface area (Å²) in [5, 5.41) is 3.02. The zero-order valence-corrected chi connectivity index (χ0v) is 9.86. The van der Waals surface area contributed by atoms with E-state index in [0.29, 0.717) is 22.2 Å². The van der Waals surface area contributed by atoms with E-state index in [-0.39, 0.29) is 18.5 Å². The maximum atomic E-state index is 11.8. The minimum absolute atomic E-state index is 0.154. The Hall–Kier alpha value is -2.14. The van der Waals surface area contributed by atoms with Crippen molar-refractivity contribution < 1.29 is 18.7 Å². The lowest BCUT2D eigenvalue weighted by atomic mass is 10.2. The highest BCUT2D eigenvalue weighted by atomic mass is 35.5. The number of hydrogen-bond donors (Lipinski definition) is 1. The number of furan rings is 1. The number of amides is 1. The molecule has 0 saturated heterocycles. The first kappa shape index (κ1) is 11.0. The van der Waals surface area contributed by atoms with Crippen LogP contribution in [0.3, 0.4) is 0 Å². The molecule has 1 aliphatic heterocycles. The van der Waals surface area contributed by atoms with Crippen LogP contribution in [0.1, 0.15) is 10.6 Å². The predicted octanol–water partition coefficient (Wildman–Crippen LogP) is 2.91. The van der Waals surface area contributed by atoms with E-state index in [1.165, 1.54) is 6.26 Å². The number of hydrogen-bond acceptors (Lipinski definition) is 4. The molecule has 1 aromatic carbocycles. The molecule has 0 bridgehead atoms. The fraction of sp³-hybridized carbons (Fsp3) is 0.0833. The summed E-state index contributed by atoms with van der Waals surface area (Å²) < 4.78 is 15.4. The van der Waals surface area contributed by atoms with Gasteiger partial charge in [0.15, 0.2) is 17.3 Å². The summed E-state index contributed by atoms with van der Waals surface area (Å²) in [4.78, 5) is 11.8. The monoisotopic (exact) mass is 265 g/mol. The number of halogens is 1. The van der Waals surface area contributed by atoms with Crippen LogP contribution in [-0.4, -0.2) is 12.7 Å². The van der Waals surface area contributed by atoms with E-state index in [1.54, 1.807) is 24.3 Å². The van der Waals surface area contributed by atoms with Crippen LogP contribution in [-0.2, 0) is 0 Å². The molecule has 0 spiro atoms. The van der Waals surface area contributed by atoms with Gasteiger partial charge in [-0.05, 0) is 12.1 Å². The number of benzene rings is 1. The van der Waals surface area contributed by atoms with Crippen molar-refractivity contribution in [3.05, 3.63) is 41.3 Å². The van der Waals surface area contributed by atoms with Crippen LogP contribution in [0.4, 0.5) is 5.69 Å². The molecule has 0 aliphatic carbocycles. The predicted molar refractivity (Wildman–Crippen MR) is 64.2 cm³/mol. The molecule has 2 aromatic rings. The van der Waals surface area contributed by atoms with Gasteiger partial charge in [-0.1, -0.05) is 11.6 Å². The Morgan fingerprint density at radius 2 is 2.06 bits per heavy atom. The van der Waals surface area contributed by atoms with Crippen molar-refractivity contribution in [2.45, 2.75) is 0 Å². The molecule has 0 fully saturated rings. The van der Waals surface area contributed by atoms with E-state index >= 15 is 0 Å². The summed E-state index contributed by atoms with van der Waals surface area (Å²) in [5.41, 5.74) is 0.447. The number of anilines is 1. The minimum atomic E-state index is -0.374. The van der Waals surface area contributed by atoms with Crippen molar-refractivity contribution >= 4 is 23.2 Å². The van der Waals surface area contributed by atoms with E-state index in [4.69, 9.17) is 25.5 Å². The molecule has 92 valence electrons. The molecular weight excluding hydrogens is 258 g/mol. The van der Waals surface area contributed by atoms with Gasteiger partial charge in [0.1, 0.15) is 0 Å². The molecule has 3 rings (SSSR count). The molecule has 0 unspecified atom stereocenters. The van der Waals surface area contributed by atoms with Crippen LogP contribution in [0.5, 0.6) is 11.5 Å². The lowest BCUT2D eigenvalue weighted by Gasteiger charge is -2.06. The van der Waals surface area contributed by atoms with Gasteiger partial charge in [0.2, 0.25) is 6.79 Å². The van der Waals surface area contributed by atoms with Crippen LogP contribution in [0, 0.1) is 0 Å². The van der Waals surface area contributed by atoms with E-state index in [0.717, 1.165) is 0 Å². The minimum Gasteiger partial charge on any atom is -0.459 e. The number of carbonyl (C=O) groups excluding carboxylic acids is 1. The molecule has 5 nitrogen and oxygen atoms in total. The quantitative estimate of drug-likeness (QED) is 0.907. The summed E-state index contributed by atoms with van der Waals surface area (Å²) in [6.45, 7) is 0.154. The lowest BCUT2D eigenvalue weighted by Crippen LogP contribution is -2.11. The SMILES string of the molecule is O=C(Nc1cc2c(cc1Cl)OCO2)c1ccco1. The number of ether oxygens (including phenoxy) is 2. The molecular formula is C12H8ClNO4. The maximum absolute atomic E-state index is 11.8. The largest absolute Gasteiger partial charge is 0.459 e. The van der Waals surface area contributed by atoms with Crippen LogP contribution < -0.4 is 14.8 Å². The van der Waals surface area contributed by atoms with E-state index < -0.39 is 0 Å². The Labute approximate surface area is 107 Å². The third-order valence-corrected chi connectivity index (χ3v) is 2.77. The second kappa shape index (κ2) is 4.27. The fourth-order valence-electron chi connectivity index (χ4n) is 1.60. The summed E-state index contributed by atoms with van der Waals surface area (Å²) in [7, 11) is 0. The van der Waals surface area contributed by atoms with Crippen LogP contribution in [0.2, 0.25) is 5.02 Å². The number of carbonyl (C=O) groups is 1. The van der Waals surface area contributed by atoms with Crippen molar-refractivity contribution in [3.8, 4) is 11.5 Å². The highest BCUT2D eigenvalue weighted by molar-refractivity contribution is 6.34. The van der Waals surface area contributed by atoms with Gasteiger partial charge in [-0.25, -0.2) is 0 Å². The first-order valence-electron chi connectivity index (χ1n) is 5.18. The van der Waals surface area contributed by atoms with Gasteiger partial charge >= 0.3 is 0 Å². The number of rotatable bonds is 2. The second-order valence-corrected chi connectivity index (χ2v) is 4.02. The lowest BCUT2D eigenvalue weighted by molar-refractivity contribution is 0.0996. The summed E-state index contributed by atoms with van der Waals surface area (Å²) in [5.74, 6) is 0.953. The first-order valence-corrected chi connectivity index (χ1v) is 5.56. The highest BCUT2D eigenvalue weighted by Gasteiger charge is 2.18. The zero-order chi connectivity index (χ0) is 12.5. The molecule has 0 atom stereocenters. The molecule has 0 radical (unpaired) electrons. The fourth-order valence-corrected chi connectivity index (χ4v) is 1.81.